The van der Waals surface area contributed by atoms with Crippen LogP contribution in [0, 0.1) is 19.7 Å². The minimum Gasteiger partial charge on any atom is -0.481 e. The van der Waals surface area contributed by atoms with E-state index in [4.69, 9.17) is 5.11 Å². The normalized spacial score (nSPS) is 10.8. The Morgan fingerprint density at radius 1 is 1.08 bits per heavy atom. The summed E-state index contributed by atoms with van der Waals surface area (Å²) in [6.45, 7) is 4.03. The van der Waals surface area contributed by atoms with Gasteiger partial charge in [-0.05, 0) is 32.8 Å². The van der Waals surface area contributed by atoms with Gasteiger partial charge in [0.15, 0.2) is 0 Å². The highest BCUT2D eigenvalue weighted by atomic mass is 19.1. The van der Waals surface area contributed by atoms with Gasteiger partial charge in [-0.25, -0.2) is 14.4 Å². The lowest BCUT2D eigenvalue weighted by Gasteiger charge is -2.09. The lowest BCUT2D eigenvalue weighted by atomic mass is 10.1. The quantitative estimate of drug-likeness (QED) is 0.716. The average Bonchev–Trinajstić information content (AvgIpc) is 2.54. The third-order valence-corrected chi connectivity index (χ3v) is 3.99. The minimum absolute atomic E-state index is 0.166. The van der Waals surface area contributed by atoms with Gasteiger partial charge in [0, 0.05) is 19.0 Å². The Hall–Kier alpha value is -2.57. The van der Waals surface area contributed by atoms with Crippen LogP contribution in [0.1, 0.15) is 53.8 Å². The molecule has 0 unspecified atom stereocenters. The molecule has 0 radical (unpaired) electrons. The molecule has 1 heterocycles. The second-order valence-corrected chi connectivity index (χ2v) is 6.03. The molecule has 2 rings (SSSR count). The van der Waals surface area contributed by atoms with Gasteiger partial charge in [-0.2, -0.15) is 0 Å². The highest BCUT2D eigenvalue weighted by Crippen LogP contribution is 2.19. The number of carbonyl (C=O) groups excluding carboxylic acids is 1. The number of carboxylic acids is 1. The lowest BCUT2D eigenvalue weighted by molar-refractivity contribution is -0.137. The first kappa shape index (κ1) is 18.8. The van der Waals surface area contributed by atoms with Crippen molar-refractivity contribution in [3.05, 3.63) is 34.9 Å². The smallest absolute Gasteiger partial charge is 0.303 e. The van der Waals surface area contributed by atoms with E-state index < -0.39 is 11.8 Å². The van der Waals surface area contributed by atoms with Gasteiger partial charge in [-0.3, -0.25) is 9.59 Å². The predicted octanol–water partition coefficient (Wildman–Crippen LogP) is 3.15. The van der Waals surface area contributed by atoms with E-state index >= 15 is 0 Å². The van der Waals surface area contributed by atoms with Crippen molar-refractivity contribution in [3.63, 3.8) is 0 Å². The SMILES string of the molecule is Cc1nc2cc(F)cc(C(=O)NCCCCCCC(=O)O)c2nc1C. The van der Waals surface area contributed by atoms with Crippen molar-refractivity contribution in [1.29, 1.82) is 0 Å². The Kier molecular flexibility index (Phi) is 6.38. The molecule has 0 aliphatic carbocycles. The molecule has 0 fully saturated rings. The van der Waals surface area contributed by atoms with E-state index in [9.17, 15) is 14.0 Å². The van der Waals surface area contributed by atoms with Gasteiger partial charge < -0.3 is 10.4 Å². The number of aromatic nitrogens is 2. The maximum absolute atomic E-state index is 13.8. The maximum atomic E-state index is 13.8. The Bertz CT molecular complexity index is 793. The highest BCUT2D eigenvalue weighted by Gasteiger charge is 2.15. The number of carboxylic acid groups (broad SMARTS) is 1. The molecule has 134 valence electrons. The van der Waals surface area contributed by atoms with E-state index in [-0.39, 0.29) is 17.9 Å². The lowest BCUT2D eigenvalue weighted by Crippen LogP contribution is -2.25. The summed E-state index contributed by atoms with van der Waals surface area (Å²) in [6, 6.07) is 2.45. The number of nitrogens with one attached hydrogen (secondary N) is 1. The van der Waals surface area contributed by atoms with Crippen LogP contribution in [0.25, 0.3) is 11.0 Å². The number of rotatable bonds is 8. The van der Waals surface area contributed by atoms with Crippen molar-refractivity contribution >= 4 is 22.9 Å². The van der Waals surface area contributed by atoms with Crippen molar-refractivity contribution in [3.8, 4) is 0 Å². The van der Waals surface area contributed by atoms with E-state index in [2.05, 4.69) is 15.3 Å². The van der Waals surface area contributed by atoms with Crippen molar-refractivity contribution < 1.29 is 19.1 Å². The summed E-state index contributed by atoms with van der Waals surface area (Å²) in [7, 11) is 0. The summed E-state index contributed by atoms with van der Waals surface area (Å²) in [5, 5.41) is 11.3. The number of aliphatic carboxylic acids is 1. The molecular weight excluding hydrogens is 325 g/mol. The topological polar surface area (TPSA) is 92.2 Å². The Balaban J connectivity index is 1.97. The number of fused-ring (bicyclic) bond motifs is 1. The number of aryl methyl sites for hydroxylation is 2. The second kappa shape index (κ2) is 8.50. The number of unbranched alkanes of at least 4 members (excludes halogenated alkanes) is 3. The molecule has 1 aromatic carbocycles. The minimum atomic E-state index is -0.794. The van der Waals surface area contributed by atoms with E-state index in [1.54, 1.807) is 13.8 Å². The third kappa shape index (κ3) is 5.20. The number of benzene rings is 1. The van der Waals surface area contributed by atoms with Gasteiger partial charge in [0.1, 0.15) is 11.3 Å². The van der Waals surface area contributed by atoms with Gasteiger partial charge in [-0.1, -0.05) is 12.8 Å². The van der Waals surface area contributed by atoms with Crippen LogP contribution in [-0.4, -0.2) is 33.5 Å². The first-order valence-electron chi connectivity index (χ1n) is 8.33. The average molecular weight is 347 g/mol. The van der Waals surface area contributed by atoms with Crippen molar-refractivity contribution in [2.24, 2.45) is 0 Å². The maximum Gasteiger partial charge on any atom is 0.303 e. The second-order valence-electron chi connectivity index (χ2n) is 6.03. The van der Waals surface area contributed by atoms with Crippen LogP contribution >= 0.6 is 0 Å². The summed E-state index contributed by atoms with van der Waals surface area (Å²) < 4.78 is 13.8. The fourth-order valence-corrected chi connectivity index (χ4v) is 2.52. The Labute approximate surface area is 145 Å². The van der Waals surface area contributed by atoms with Crippen LogP contribution in [0.3, 0.4) is 0 Å². The van der Waals surface area contributed by atoms with Crippen molar-refractivity contribution in [2.75, 3.05) is 6.54 Å². The van der Waals surface area contributed by atoms with Gasteiger partial charge in [0.2, 0.25) is 0 Å². The molecule has 0 aliphatic heterocycles. The zero-order valence-electron chi connectivity index (χ0n) is 14.4. The summed E-state index contributed by atoms with van der Waals surface area (Å²) in [6.07, 6.45) is 3.16. The van der Waals surface area contributed by atoms with Gasteiger partial charge in [0.25, 0.3) is 5.91 Å². The first-order valence-corrected chi connectivity index (χ1v) is 8.33. The number of hydrogen-bond acceptors (Lipinski definition) is 4. The molecule has 0 atom stereocenters. The van der Waals surface area contributed by atoms with Crippen LogP contribution in [0.5, 0.6) is 0 Å². The molecule has 0 aliphatic rings. The molecule has 2 N–H and O–H groups in total. The van der Waals surface area contributed by atoms with Crippen LogP contribution in [0.2, 0.25) is 0 Å². The molecule has 6 nitrogen and oxygen atoms in total. The molecule has 1 amide bonds. The molecule has 7 heteroatoms. The number of amides is 1. The summed E-state index contributed by atoms with van der Waals surface area (Å²) in [5.74, 6) is -1.70. The Morgan fingerprint density at radius 3 is 2.48 bits per heavy atom. The molecule has 2 aromatic rings. The van der Waals surface area contributed by atoms with E-state index in [1.807, 2.05) is 0 Å². The monoisotopic (exact) mass is 347 g/mol. The van der Waals surface area contributed by atoms with Gasteiger partial charge in [0.05, 0.1) is 22.5 Å². The van der Waals surface area contributed by atoms with Crippen molar-refractivity contribution in [1.82, 2.24) is 15.3 Å². The Morgan fingerprint density at radius 2 is 1.76 bits per heavy atom. The fourth-order valence-electron chi connectivity index (χ4n) is 2.52. The van der Waals surface area contributed by atoms with E-state index in [0.717, 1.165) is 19.3 Å². The standard InChI is InChI=1S/C18H22FN3O3/c1-11-12(2)22-17-14(9-13(19)10-15(17)21-11)18(25)20-8-6-4-3-5-7-16(23)24/h9-10H,3-8H2,1-2H3,(H,20,25)(H,23,24). The largest absolute Gasteiger partial charge is 0.481 e. The molecule has 25 heavy (non-hydrogen) atoms. The zero-order chi connectivity index (χ0) is 18.4. The van der Waals surface area contributed by atoms with Crippen LogP contribution in [-0.2, 0) is 4.79 Å². The number of hydrogen-bond donors (Lipinski definition) is 2. The third-order valence-electron chi connectivity index (χ3n) is 3.99. The molecular formula is C18H22FN3O3. The van der Waals surface area contributed by atoms with E-state index in [1.165, 1.54) is 12.1 Å². The fraction of sp³-hybridized carbons (Fsp3) is 0.444. The molecule has 0 saturated heterocycles. The first-order chi connectivity index (χ1) is 11.9. The van der Waals surface area contributed by atoms with Crippen LogP contribution < -0.4 is 5.32 Å². The summed E-state index contributed by atoms with van der Waals surface area (Å²) in [5.41, 5.74) is 2.33. The predicted molar refractivity (Wildman–Crippen MR) is 92.0 cm³/mol. The number of carbonyl (C=O) groups is 2. The molecule has 0 bridgehead atoms. The van der Waals surface area contributed by atoms with Gasteiger partial charge >= 0.3 is 5.97 Å². The molecule has 0 spiro atoms. The van der Waals surface area contributed by atoms with Crippen LogP contribution in [0.15, 0.2) is 12.1 Å². The number of nitrogens with zero attached hydrogens (tertiary/aromatic N) is 2. The van der Waals surface area contributed by atoms with Crippen LogP contribution in [0.4, 0.5) is 4.39 Å². The number of halogens is 1. The summed E-state index contributed by atoms with van der Waals surface area (Å²) >= 11 is 0. The van der Waals surface area contributed by atoms with Gasteiger partial charge in [-0.15, -0.1) is 0 Å². The zero-order valence-corrected chi connectivity index (χ0v) is 14.4. The molecule has 1 aromatic heterocycles. The van der Waals surface area contributed by atoms with E-state index in [0.29, 0.717) is 35.4 Å². The molecule has 0 saturated carbocycles. The van der Waals surface area contributed by atoms with Crippen molar-refractivity contribution in [2.45, 2.75) is 46.0 Å². The highest BCUT2D eigenvalue weighted by molar-refractivity contribution is 6.04. The summed E-state index contributed by atoms with van der Waals surface area (Å²) in [4.78, 5) is 31.4.